The number of alkyl halides is 4. The number of carbonyl (C=O) groups is 1. The third kappa shape index (κ3) is 5.70. The quantitative estimate of drug-likeness (QED) is 0.378. The number of rotatable bonds is 9. The number of nitro benzene ring substituents is 1. The molecule has 12 heteroatoms. The van der Waals surface area contributed by atoms with Crippen LogP contribution in [0.4, 0.5) is 23.2 Å². The molecule has 0 aliphatic heterocycles. The van der Waals surface area contributed by atoms with Crippen molar-refractivity contribution in [2.75, 3.05) is 7.11 Å². The van der Waals surface area contributed by atoms with E-state index in [0.29, 0.717) is 6.07 Å². The first-order chi connectivity index (χ1) is 13.7. The molecule has 0 unspecified atom stereocenters. The minimum absolute atomic E-state index is 0.185. The number of para-hydroxylation sites is 1. The maximum absolute atomic E-state index is 12.5. The number of amides is 1. The monoisotopic (exact) mass is 418 g/mol. The molecule has 1 N–H and O–H groups in total. The predicted molar refractivity (Wildman–Crippen MR) is 90.5 cm³/mol. The van der Waals surface area contributed by atoms with E-state index in [4.69, 9.17) is 4.74 Å². The molecule has 29 heavy (non-hydrogen) atoms. The number of carbonyl (C=O) groups excluding carboxylic acids is 1. The zero-order valence-electron chi connectivity index (χ0n) is 14.7. The van der Waals surface area contributed by atoms with Gasteiger partial charge in [-0.2, -0.15) is 17.6 Å². The maximum Gasteiger partial charge on any atom is 0.387 e. The van der Waals surface area contributed by atoms with Crippen molar-refractivity contribution in [2.45, 2.75) is 19.8 Å². The van der Waals surface area contributed by atoms with Crippen LogP contribution in [-0.4, -0.2) is 31.2 Å². The highest BCUT2D eigenvalue weighted by molar-refractivity contribution is 5.99. The van der Waals surface area contributed by atoms with Gasteiger partial charge in [0.1, 0.15) is 11.3 Å². The van der Waals surface area contributed by atoms with Gasteiger partial charge in [0.15, 0.2) is 11.5 Å². The zero-order chi connectivity index (χ0) is 21.6. The van der Waals surface area contributed by atoms with E-state index in [-0.39, 0.29) is 23.6 Å². The number of nitro groups is 1. The summed E-state index contributed by atoms with van der Waals surface area (Å²) in [5.74, 6) is -2.11. The molecule has 0 radical (unpaired) electrons. The van der Waals surface area contributed by atoms with Gasteiger partial charge in [0.25, 0.3) is 11.6 Å². The van der Waals surface area contributed by atoms with Crippen LogP contribution in [0.15, 0.2) is 36.4 Å². The summed E-state index contributed by atoms with van der Waals surface area (Å²) in [5.41, 5.74) is -1.12. The van der Waals surface area contributed by atoms with E-state index in [1.165, 1.54) is 24.3 Å². The van der Waals surface area contributed by atoms with Crippen molar-refractivity contribution in [3.63, 3.8) is 0 Å². The second-order valence-corrected chi connectivity index (χ2v) is 5.32. The Kier molecular flexibility index (Phi) is 7.17. The van der Waals surface area contributed by atoms with Gasteiger partial charge in [-0.1, -0.05) is 18.2 Å². The molecular weight excluding hydrogens is 404 g/mol. The SMILES string of the molecule is COc1cc(C(=O)NCc2ccccc2OC(F)F)c([N+](=O)[O-])cc1OC(F)F. The minimum Gasteiger partial charge on any atom is -0.493 e. The molecular formula is C17H14F4N2O6. The van der Waals surface area contributed by atoms with Crippen LogP contribution in [0.1, 0.15) is 15.9 Å². The van der Waals surface area contributed by atoms with Crippen LogP contribution in [0.25, 0.3) is 0 Å². The van der Waals surface area contributed by atoms with Crippen molar-refractivity contribution >= 4 is 11.6 Å². The summed E-state index contributed by atoms with van der Waals surface area (Å²) in [6.45, 7) is -6.65. The van der Waals surface area contributed by atoms with E-state index in [0.717, 1.165) is 13.2 Å². The average molecular weight is 418 g/mol. The molecule has 2 rings (SSSR count). The normalized spacial score (nSPS) is 10.7. The van der Waals surface area contributed by atoms with E-state index in [2.05, 4.69) is 14.8 Å². The molecule has 156 valence electrons. The second kappa shape index (κ2) is 9.57. The van der Waals surface area contributed by atoms with E-state index >= 15 is 0 Å². The van der Waals surface area contributed by atoms with Gasteiger partial charge in [-0.25, -0.2) is 0 Å². The fraction of sp³-hybridized carbons (Fsp3) is 0.235. The summed E-state index contributed by atoms with van der Waals surface area (Å²) in [6.07, 6.45) is 0. The van der Waals surface area contributed by atoms with E-state index in [9.17, 15) is 32.5 Å². The van der Waals surface area contributed by atoms with Crippen molar-refractivity contribution in [2.24, 2.45) is 0 Å². The Balaban J connectivity index is 2.30. The van der Waals surface area contributed by atoms with Crippen LogP contribution < -0.4 is 19.5 Å². The Morgan fingerprint density at radius 2 is 1.69 bits per heavy atom. The lowest BCUT2D eigenvalue weighted by Crippen LogP contribution is -2.24. The maximum atomic E-state index is 12.5. The molecule has 0 aromatic heterocycles. The van der Waals surface area contributed by atoms with Crippen LogP contribution in [0.2, 0.25) is 0 Å². The molecule has 2 aromatic carbocycles. The topological polar surface area (TPSA) is 99.9 Å². The fourth-order valence-electron chi connectivity index (χ4n) is 2.36. The highest BCUT2D eigenvalue weighted by Crippen LogP contribution is 2.35. The molecule has 0 aliphatic carbocycles. The lowest BCUT2D eigenvalue weighted by atomic mass is 10.1. The smallest absolute Gasteiger partial charge is 0.387 e. The third-order valence-electron chi connectivity index (χ3n) is 3.57. The molecule has 0 atom stereocenters. The molecule has 0 fully saturated rings. The van der Waals surface area contributed by atoms with Gasteiger partial charge in [0.05, 0.1) is 18.1 Å². The molecule has 8 nitrogen and oxygen atoms in total. The van der Waals surface area contributed by atoms with Gasteiger partial charge >= 0.3 is 13.2 Å². The van der Waals surface area contributed by atoms with Gasteiger partial charge in [0, 0.05) is 18.2 Å². The van der Waals surface area contributed by atoms with Gasteiger partial charge in [-0.05, 0) is 6.07 Å². The zero-order valence-corrected chi connectivity index (χ0v) is 14.7. The average Bonchev–Trinajstić information content (AvgIpc) is 2.65. The van der Waals surface area contributed by atoms with Crippen LogP contribution in [-0.2, 0) is 6.54 Å². The van der Waals surface area contributed by atoms with Gasteiger partial charge in [0.2, 0.25) is 0 Å². The molecule has 2 aromatic rings. The molecule has 0 aliphatic rings. The number of benzene rings is 2. The Hall–Kier alpha value is -3.57. The molecule has 0 heterocycles. The summed E-state index contributed by atoms with van der Waals surface area (Å²) >= 11 is 0. The van der Waals surface area contributed by atoms with Crippen molar-refractivity contribution < 1.29 is 41.5 Å². The summed E-state index contributed by atoms with van der Waals surface area (Å²) in [5, 5.41) is 13.6. The van der Waals surface area contributed by atoms with Crippen molar-refractivity contribution in [3.05, 3.63) is 57.6 Å². The number of nitrogens with one attached hydrogen (secondary N) is 1. The van der Waals surface area contributed by atoms with E-state index in [1.54, 1.807) is 0 Å². The summed E-state index contributed by atoms with van der Waals surface area (Å²) in [7, 11) is 1.10. The number of halogens is 4. The van der Waals surface area contributed by atoms with E-state index < -0.39 is 41.1 Å². The van der Waals surface area contributed by atoms with Crippen molar-refractivity contribution in [1.82, 2.24) is 5.32 Å². The van der Waals surface area contributed by atoms with Crippen molar-refractivity contribution in [3.8, 4) is 17.2 Å². The first kappa shape index (κ1) is 21.7. The highest BCUT2D eigenvalue weighted by atomic mass is 19.3. The summed E-state index contributed by atoms with van der Waals surface area (Å²) in [6, 6.07) is 7.13. The van der Waals surface area contributed by atoms with Crippen LogP contribution in [0, 0.1) is 10.1 Å². The van der Waals surface area contributed by atoms with Crippen LogP contribution >= 0.6 is 0 Å². The second-order valence-electron chi connectivity index (χ2n) is 5.32. The minimum atomic E-state index is -3.27. The number of nitrogens with zero attached hydrogens (tertiary/aromatic N) is 1. The fourth-order valence-corrected chi connectivity index (χ4v) is 2.36. The summed E-state index contributed by atoms with van der Waals surface area (Å²) < 4.78 is 63.2. The van der Waals surface area contributed by atoms with Crippen molar-refractivity contribution in [1.29, 1.82) is 0 Å². The van der Waals surface area contributed by atoms with Gasteiger partial charge in [-0.15, -0.1) is 0 Å². The Labute approximate surface area is 161 Å². The molecule has 0 bridgehead atoms. The third-order valence-corrected chi connectivity index (χ3v) is 3.57. The number of hydrogen-bond donors (Lipinski definition) is 1. The first-order valence-electron chi connectivity index (χ1n) is 7.85. The molecule has 0 saturated carbocycles. The molecule has 0 spiro atoms. The largest absolute Gasteiger partial charge is 0.493 e. The lowest BCUT2D eigenvalue weighted by Gasteiger charge is -2.13. The Bertz CT molecular complexity index is 894. The Morgan fingerprint density at radius 1 is 1.07 bits per heavy atom. The molecule has 1 amide bonds. The number of methoxy groups -OCH3 is 1. The summed E-state index contributed by atoms with van der Waals surface area (Å²) in [4.78, 5) is 22.7. The van der Waals surface area contributed by atoms with Gasteiger partial charge in [-0.3, -0.25) is 14.9 Å². The Morgan fingerprint density at radius 3 is 2.28 bits per heavy atom. The first-order valence-corrected chi connectivity index (χ1v) is 7.85. The number of hydrogen-bond acceptors (Lipinski definition) is 6. The van der Waals surface area contributed by atoms with E-state index in [1.807, 2.05) is 0 Å². The lowest BCUT2D eigenvalue weighted by molar-refractivity contribution is -0.385. The number of ether oxygens (including phenoxy) is 3. The van der Waals surface area contributed by atoms with Crippen LogP contribution in [0.5, 0.6) is 17.2 Å². The standard InChI is InChI=1S/C17H14F4N2O6/c1-27-13-6-10(11(23(25)26)7-14(13)29-17(20)21)15(24)22-8-9-4-2-3-5-12(9)28-16(18)19/h2-7,16-17H,8H2,1H3,(H,22,24). The predicted octanol–water partition coefficient (Wildman–Crippen LogP) is 3.74. The van der Waals surface area contributed by atoms with Gasteiger partial charge < -0.3 is 19.5 Å². The van der Waals surface area contributed by atoms with Crippen LogP contribution in [0.3, 0.4) is 0 Å². The highest BCUT2D eigenvalue weighted by Gasteiger charge is 2.26. The molecule has 0 saturated heterocycles.